The van der Waals surface area contributed by atoms with E-state index in [0.29, 0.717) is 10.8 Å². The molecule has 0 amide bonds. The monoisotopic (exact) mass is 258 g/mol. The summed E-state index contributed by atoms with van der Waals surface area (Å²) in [6, 6.07) is 5.15. The van der Waals surface area contributed by atoms with Crippen LogP contribution in [-0.2, 0) is 0 Å². The maximum atomic E-state index is 5.83. The van der Waals surface area contributed by atoms with E-state index in [1.165, 1.54) is 0 Å². The van der Waals surface area contributed by atoms with Crippen LogP contribution in [0.4, 0.5) is 0 Å². The van der Waals surface area contributed by atoms with Crippen molar-refractivity contribution in [3.8, 4) is 5.75 Å². The first-order valence-corrected chi connectivity index (χ1v) is 4.92. The Morgan fingerprint density at radius 1 is 1.23 bits per heavy atom. The third-order valence-electron chi connectivity index (χ3n) is 1.44. The number of ether oxygens (including phenoxy) is 1. The van der Waals surface area contributed by atoms with Gasteiger partial charge in [0, 0.05) is 10.6 Å². The largest absolute Gasteiger partial charge is 0.445 e. The molecule has 0 saturated heterocycles. The Morgan fingerprint density at radius 2 is 1.85 bits per heavy atom. The third-order valence-corrected chi connectivity index (χ3v) is 2.08. The minimum absolute atomic E-state index is 0.465. The summed E-state index contributed by atoms with van der Waals surface area (Å²) in [4.78, 5) is 0. The molecule has 0 atom stereocenters. The van der Waals surface area contributed by atoms with Crippen LogP contribution in [0, 0.1) is 6.92 Å². The normalized spacial score (nSPS) is 11.5. The Morgan fingerprint density at radius 3 is 2.38 bits per heavy atom. The lowest BCUT2D eigenvalue weighted by atomic mass is 10.2. The molecule has 13 heavy (non-hydrogen) atoms. The van der Waals surface area contributed by atoms with Gasteiger partial charge in [-0.1, -0.05) is 17.7 Å². The van der Waals surface area contributed by atoms with Crippen molar-refractivity contribution >= 4 is 46.4 Å². The molecule has 0 bridgehead atoms. The third kappa shape index (κ3) is 3.43. The first kappa shape index (κ1) is 11.3. The molecule has 5 heteroatoms. The van der Waals surface area contributed by atoms with Gasteiger partial charge in [0.15, 0.2) is 0 Å². The molecule has 0 aliphatic carbocycles. The van der Waals surface area contributed by atoms with Gasteiger partial charge in [-0.3, -0.25) is 0 Å². The molecule has 0 heterocycles. The topological polar surface area (TPSA) is 9.23 Å². The lowest BCUT2D eigenvalue weighted by Crippen LogP contribution is -2.13. The smallest absolute Gasteiger partial charge is 0.338 e. The van der Waals surface area contributed by atoms with Gasteiger partial charge >= 0.3 is 3.98 Å². The van der Waals surface area contributed by atoms with Crippen LogP contribution < -0.4 is 4.74 Å². The quantitative estimate of drug-likeness (QED) is 0.682. The maximum absolute atomic E-state index is 5.83. The summed E-state index contributed by atoms with van der Waals surface area (Å²) in [7, 11) is 0. The predicted octanol–water partition coefficient (Wildman–Crippen LogP) is 4.35. The first-order valence-electron chi connectivity index (χ1n) is 3.41. The second kappa shape index (κ2) is 4.14. The van der Waals surface area contributed by atoms with E-state index in [2.05, 4.69) is 0 Å². The fourth-order valence-electron chi connectivity index (χ4n) is 0.823. The van der Waals surface area contributed by atoms with Crippen molar-refractivity contribution in [2.24, 2.45) is 0 Å². The van der Waals surface area contributed by atoms with E-state index in [1.54, 1.807) is 25.1 Å². The lowest BCUT2D eigenvalue weighted by molar-refractivity contribution is 0.318. The summed E-state index contributed by atoms with van der Waals surface area (Å²) in [5.41, 5.74) is 0.746. The van der Waals surface area contributed by atoms with Gasteiger partial charge < -0.3 is 4.74 Å². The van der Waals surface area contributed by atoms with Gasteiger partial charge in [-0.05, 0) is 53.9 Å². The van der Waals surface area contributed by atoms with Crippen LogP contribution in [0.15, 0.2) is 18.2 Å². The van der Waals surface area contributed by atoms with E-state index in [1.807, 2.05) is 0 Å². The Kier molecular flexibility index (Phi) is 3.58. The highest BCUT2D eigenvalue weighted by Gasteiger charge is 2.22. The standard InChI is InChI=1S/C8H6Cl4O/c1-5-6(9)3-2-4-7(5)13-8(10,11)12/h2-4H,1H3. The molecule has 0 aliphatic heterocycles. The van der Waals surface area contributed by atoms with Crippen LogP contribution in [-0.4, -0.2) is 3.98 Å². The summed E-state index contributed by atoms with van der Waals surface area (Å²) < 4.78 is 3.27. The Labute approximate surface area is 96.5 Å². The number of alkyl halides is 3. The van der Waals surface area contributed by atoms with E-state index in [9.17, 15) is 0 Å². The molecule has 1 nitrogen and oxygen atoms in total. The number of benzene rings is 1. The van der Waals surface area contributed by atoms with Crippen molar-refractivity contribution in [3.63, 3.8) is 0 Å². The molecule has 0 saturated carbocycles. The average molecular weight is 260 g/mol. The van der Waals surface area contributed by atoms with E-state index < -0.39 is 3.98 Å². The van der Waals surface area contributed by atoms with Gasteiger partial charge in [-0.2, -0.15) is 0 Å². The van der Waals surface area contributed by atoms with Crippen LogP contribution in [0.5, 0.6) is 5.75 Å². The zero-order valence-corrected chi connectivity index (χ0v) is 9.68. The van der Waals surface area contributed by atoms with Gasteiger partial charge in [0.05, 0.1) is 0 Å². The highest BCUT2D eigenvalue weighted by Crippen LogP contribution is 2.33. The molecule has 0 aromatic heterocycles. The molecule has 0 N–H and O–H groups in total. The molecular formula is C8H6Cl4O. The van der Waals surface area contributed by atoms with Crippen molar-refractivity contribution < 1.29 is 4.74 Å². The highest BCUT2D eigenvalue weighted by molar-refractivity contribution is 6.66. The fourth-order valence-corrected chi connectivity index (χ4v) is 1.24. The van der Waals surface area contributed by atoms with E-state index in [0.717, 1.165) is 5.56 Å². The van der Waals surface area contributed by atoms with E-state index in [4.69, 9.17) is 51.1 Å². The Bertz CT molecular complexity index is 306. The van der Waals surface area contributed by atoms with Gasteiger partial charge in [0.2, 0.25) is 0 Å². The Balaban J connectivity index is 2.96. The summed E-state index contributed by atoms with van der Waals surface area (Å²) >= 11 is 22.2. The second-order valence-electron chi connectivity index (χ2n) is 2.41. The molecule has 0 fully saturated rings. The van der Waals surface area contributed by atoms with Crippen molar-refractivity contribution in [2.45, 2.75) is 10.9 Å². The maximum Gasteiger partial charge on any atom is 0.338 e. The van der Waals surface area contributed by atoms with Crippen LogP contribution >= 0.6 is 46.4 Å². The van der Waals surface area contributed by atoms with Crippen LogP contribution in [0.1, 0.15) is 5.56 Å². The molecule has 0 unspecified atom stereocenters. The van der Waals surface area contributed by atoms with Gasteiger partial charge in [0.25, 0.3) is 0 Å². The SMILES string of the molecule is Cc1c(Cl)cccc1OC(Cl)(Cl)Cl. The van der Waals surface area contributed by atoms with Crippen LogP contribution in [0.3, 0.4) is 0 Å². The highest BCUT2D eigenvalue weighted by atomic mass is 35.6. The van der Waals surface area contributed by atoms with Crippen molar-refractivity contribution in [1.82, 2.24) is 0 Å². The van der Waals surface area contributed by atoms with E-state index >= 15 is 0 Å². The second-order valence-corrected chi connectivity index (χ2v) is 5.00. The van der Waals surface area contributed by atoms with Crippen molar-refractivity contribution in [3.05, 3.63) is 28.8 Å². The zero-order valence-electron chi connectivity index (χ0n) is 6.65. The molecule has 0 aliphatic rings. The molecule has 1 aromatic rings. The Hall–Kier alpha value is 0.180. The van der Waals surface area contributed by atoms with Gasteiger partial charge in [0.1, 0.15) is 5.75 Å². The average Bonchev–Trinajstić information content (AvgIpc) is 1.96. The van der Waals surface area contributed by atoms with Crippen molar-refractivity contribution in [2.75, 3.05) is 0 Å². The number of hydrogen-bond donors (Lipinski definition) is 0. The van der Waals surface area contributed by atoms with E-state index in [-0.39, 0.29) is 0 Å². The summed E-state index contributed by atoms with van der Waals surface area (Å²) in [5, 5.41) is 0.576. The number of halogens is 4. The van der Waals surface area contributed by atoms with Gasteiger partial charge in [-0.15, -0.1) is 0 Å². The predicted molar refractivity (Wildman–Crippen MR) is 57.1 cm³/mol. The molecule has 1 aromatic carbocycles. The fraction of sp³-hybridized carbons (Fsp3) is 0.250. The summed E-state index contributed by atoms with van der Waals surface area (Å²) in [6.45, 7) is 1.79. The molecule has 1 rings (SSSR count). The lowest BCUT2D eigenvalue weighted by Gasteiger charge is -2.15. The van der Waals surface area contributed by atoms with Crippen LogP contribution in [0.2, 0.25) is 5.02 Å². The summed E-state index contributed by atoms with van der Waals surface area (Å²) in [5.74, 6) is 0.465. The van der Waals surface area contributed by atoms with Crippen LogP contribution in [0.25, 0.3) is 0 Å². The summed E-state index contributed by atoms with van der Waals surface area (Å²) in [6.07, 6.45) is 0. The molecular weight excluding hydrogens is 254 g/mol. The number of hydrogen-bond acceptors (Lipinski definition) is 1. The van der Waals surface area contributed by atoms with Crippen molar-refractivity contribution in [1.29, 1.82) is 0 Å². The molecule has 0 radical (unpaired) electrons. The molecule has 72 valence electrons. The molecule has 0 spiro atoms. The minimum Gasteiger partial charge on any atom is -0.445 e. The zero-order chi connectivity index (χ0) is 10.1. The number of rotatable bonds is 1. The van der Waals surface area contributed by atoms with Gasteiger partial charge in [-0.25, -0.2) is 0 Å². The minimum atomic E-state index is -1.75. The first-order chi connectivity index (χ1) is 5.90.